The predicted octanol–water partition coefficient (Wildman–Crippen LogP) is 1.04. The molecule has 14 heavy (non-hydrogen) atoms. The smallest absolute Gasteiger partial charge is 0.202 e. The molecule has 0 saturated carbocycles. The van der Waals surface area contributed by atoms with Gasteiger partial charge in [-0.1, -0.05) is 13.3 Å². The Balaban J connectivity index is 4.03. The van der Waals surface area contributed by atoms with Gasteiger partial charge in [-0.15, -0.1) is 11.6 Å². The van der Waals surface area contributed by atoms with Crippen molar-refractivity contribution in [2.45, 2.75) is 19.8 Å². The second-order valence-electron chi connectivity index (χ2n) is 3.39. The molecule has 0 aliphatic carbocycles. The van der Waals surface area contributed by atoms with Gasteiger partial charge >= 0.3 is 0 Å². The molecule has 0 bridgehead atoms. The molecule has 0 heterocycles. The maximum Gasteiger partial charge on any atom is 0.278 e. The zero-order valence-electron chi connectivity index (χ0n) is 8.96. The molecule has 0 amide bonds. The van der Waals surface area contributed by atoms with E-state index in [9.17, 15) is 8.42 Å². The molecule has 0 aliphatic heterocycles. The molecule has 4 nitrogen and oxygen atoms in total. The number of halogens is 1. The maximum atomic E-state index is 11.3. The molecule has 0 rings (SSSR count). The molecule has 6 heteroatoms. The number of nitrogens with one attached hydrogen (secondary N) is 1. The Kier molecular flexibility index (Phi) is 6.68. The van der Waals surface area contributed by atoms with Crippen LogP contribution in [0.1, 0.15) is 19.8 Å². The van der Waals surface area contributed by atoms with Crippen LogP contribution in [0.25, 0.3) is 0 Å². The second kappa shape index (κ2) is 6.61. The van der Waals surface area contributed by atoms with Crippen molar-refractivity contribution in [1.82, 2.24) is 9.03 Å². The van der Waals surface area contributed by atoms with Gasteiger partial charge in [0.1, 0.15) is 0 Å². The summed E-state index contributed by atoms with van der Waals surface area (Å²) in [5.74, 6) is 0.893. The summed E-state index contributed by atoms with van der Waals surface area (Å²) in [7, 11) is -0.272. The first-order chi connectivity index (χ1) is 6.44. The molecule has 0 aromatic rings. The van der Waals surface area contributed by atoms with Gasteiger partial charge in [0.15, 0.2) is 0 Å². The minimum atomic E-state index is -3.28. The molecule has 0 aliphatic rings. The van der Waals surface area contributed by atoms with Crippen molar-refractivity contribution in [3.63, 3.8) is 0 Å². The zero-order valence-corrected chi connectivity index (χ0v) is 10.5. The normalized spacial score (nSPS) is 14.6. The molecular weight excluding hydrogens is 224 g/mol. The van der Waals surface area contributed by atoms with Crippen LogP contribution >= 0.6 is 11.6 Å². The Morgan fingerprint density at radius 3 is 2.36 bits per heavy atom. The van der Waals surface area contributed by atoms with Gasteiger partial charge in [-0.25, -0.2) is 4.72 Å². The van der Waals surface area contributed by atoms with Crippen molar-refractivity contribution in [2.75, 3.05) is 26.5 Å². The van der Waals surface area contributed by atoms with E-state index in [-0.39, 0.29) is 0 Å². The number of hydrogen-bond donors (Lipinski definition) is 1. The first-order valence-corrected chi connectivity index (χ1v) is 6.64. The lowest BCUT2D eigenvalue weighted by Crippen LogP contribution is -2.38. The maximum absolute atomic E-state index is 11.3. The lowest BCUT2D eigenvalue weighted by Gasteiger charge is -2.17. The Morgan fingerprint density at radius 1 is 1.43 bits per heavy atom. The van der Waals surface area contributed by atoms with Crippen LogP contribution in [-0.4, -0.2) is 39.2 Å². The minimum absolute atomic E-state index is 0.322. The summed E-state index contributed by atoms with van der Waals surface area (Å²) < 4.78 is 26.4. The second-order valence-corrected chi connectivity index (χ2v) is 5.73. The summed E-state index contributed by atoms with van der Waals surface area (Å²) in [6.07, 6.45) is 1.77. The van der Waals surface area contributed by atoms with E-state index in [1.54, 1.807) is 0 Å². The Bertz CT molecular complexity index is 242. The summed E-state index contributed by atoms with van der Waals surface area (Å²) in [6.45, 7) is 2.49. The van der Waals surface area contributed by atoms with Crippen LogP contribution in [0.3, 0.4) is 0 Å². The van der Waals surface area contributed by atoms with Crippen LogP contribution in [0.4, 0.5) is 0 Å². The van der Waals surface area contributed by atoms with Crippen molar-refractivity contribution in [3.05, 3.63) is 0 Å². The van der Waals surface area contributed by atoms with E-state index in [1.807, 2.05) is 6.92 Å². The molecule has 0 fully saturated rings. The summed E-state index contributed by atoms with van der Waals surface area (Å²) in [4.78, 5) is 0. The molecule has 0 radical (unpaired) electrons. The highest BCUT2D eigenvalue weighted by Crippen LogP contribution is 2.08. The van der Waals surface area contributed by atoms with Gasteiger partial charge in [0, 0.05) is 26.5 Å². The first kappa shape index (κ1) is 14.2. The highest BCUT2D eigenvalue weighted by atomic mass is 35.5. The van der Waals surface area contributed by atoms with Crippen molar-refractivity contribution >= 4 is 21.8 Å². The summed E-state index contributed by atoms with van der Waals surface area (Å²) in [6, 6.07) is 0. The zero-order chi connectivity index (χ0) is 11.2. The largest absolute Gasteiger partial charge is 0.278 e. The molecule has 0 aromatic carbocycles. The topological polar surface area (TPSA) is 49.4 Å². The molecule has 0 saturated heterocycles. The Morgan fingerprint density at radius 2 is 2.00 bits per heavy atom. The summed E-state index contributed by atoms with van der Waals surface area (Å²) >= 11 is 5.60. The SMILES string of the molecule is CCC(CCCl)CNS(=O)(=O)N(C)C. The van der Waals surface area contributed by atoms with Crippen molar-refractivity contribution < 1.29 is 8.42 Å². The fourth-order valence-electron chi connectivity index (χ4n) is 0.957. The van der Waals surface area contributed by atoms with Crippen LogP contribution in [0.2, 0.25) is 0 Å². The highest BCUT2D eigenvalue weighted by Gasteiger charge is 2.14. The van der Waals surface area contributed by atoms with Crippen LogP contribution < -0.4 is 4.72 Å². The number of alkyl halides is 1. The monoisotopic (exact) mass is 242 g/mol. The van der Waals surface area contributed by atoms with Gasteiger partial charge in [0.2, 0.25) is 0 Å². The van der Waals surface area contributed by atoms with Crippen LogP contribution in [0, 0.1) is 5.92 Å². The number of nitrogens with zero attached hydrogens (tertiary/aromatic N) is 1. The number of hydrogen-bond acceptors (Lipinski definition) is 2. The van der Waals surface area contributed by atoms with Crippen LogP contribution in [0.5, 0.6) is 0 Å². The molecule has 1 atom stereocenters. The molecule has 0 spiro atoms. The molecule has 1 N–H and O–H groups in total. The van der Waals surface area contributed by atoms with Gasteiger partial charge in [0.05, 0.1) is 0 Å². The Hall–Kier alpha value is 0.160. The highest BCUT2D eigenvalue weighted by molar-refractivity contribution is 7.87. The van der Waals surface area contributed by atoms with E-state index in [0.29, 0.717) is 18.3 Å². The Labute approximate surface area is 91.8 Å². The average molecular weight is 243 g/mol. The summed E-state index contributed by atoms with van der Waals surface area (Å²) in [5, 5.41) is 0. The standard InChI is InChI=1S/C8H19ClN2O2S/c1-4-8(5-6-9)7-10-14(12,13)11(2)3/h8,10H,4-7H2,1-3H3. The van der Waals surface area contributed by atoms with E-state index in [4.69, 9.17) is 11.6 Å². The third-order valence-electron chi connectivity index (χ3n) is 2.13. The fraction of sp³-hybridized carbons (Fsp3) is 1.00. The van der Waals surface area contributed by atoms with E-state index in [1.165, 1.54) is 18.4 Å². The van der Waals surface area contributed by atoms with E-state index in [2.05, 4.69) is 4.72 Å². The molecular formula is C8H19ClN2O2S. The minimum Gasteiger partial charge on any atom is -0.202 e. The van der Waals surface area contributed by atoms with Crippen molar-refractivity contribution in [3.8, 4) is 0 Å². The lowest BCUT2D eigenvalue weighted by atomic mass is 10.0. The van der Waals surface area contributed by atoms with Gasteiger partial charge in [-0.2, -0.15) is 12.7 Å². The molecule has 0 aromatic heterocycles. The van der Waals surface area contributed by atoms with E-state index in [0.717, 1.165) is 12.8 Å². The molecule has 86 valence electrons. The fourth-order valence-corrected chi connectivity index (χ4v) is 1.97. The van der Waals surface area contributed by atoms with Crippen LogP contribution in [0.15, 0.2) is 0 Å². The van der Waals surface area contributed by atoms with Crippen molar-refractivity contribution in [2.24, 2.45) is 5.92 Å². The lowest BCUT2D eigenvalue weighted by molar-refractivity contribution is 0.459. The third kappa shape index (κ3) is 5.14. The van der Waals surface area contributed by atoms with Crippen LogP contribution in [-0.2, 0) is 10.2 Å². The average Bonchev–Trinajstić information content (AvgIpc) is 2.12. The van der Waals surface area contributed by atoms with Gasteiger partial charge < -0.3 is 0 Å². The third-order valence-corrected chi connectivity index (χ3v) is 3.84. The predicted molar refractivity (Wildman–Crippen MR) is 59.7 cm³/mol. The first-order valence-electron chi connectivity index (χ1n) is 4.67. The van der Waals surface area contributed by atoms with Gasteiger partial charge in [-0.3, -0.25) is 0 Å². The van der Waals surface area contributed by atoms with Gasteiger partial charge in [0.25, 0.3) is 10.2 Å². The van der Waals surface area contributed by atoms with Crippen molar-refractivity contribution in [1.29, 1.82) is 0 Å². The molecule has 1 unspecified atom stereocenters. The van der Waals surface area contributed by atoms with E-state index < -0.39 is 10.2 Å². The summed E-state index contributed by atoms with van der Waals surface area (Å²) in [5.41, 5.74) is 0. The van der Waals surface area contributed by atoms with Gasteiger partial charge in [-0.05, 0) is 12.3 Å². The number of rotatable bonds is 7. The quantitative estimate of drug-likeness (QED) is 0.679. The van der Waals surface area contributed by atoms with E-state index >= 15 is 0 Å².